The van der Waals surface area contributed by atoms with Crippen LogP contribution in [-0.4, -0.2) is 30.6 Å². The molecule has 1 amide bonds. The summed E-state index contributed by atoms with van der Waals surface area (Å²) in [5.41, 5.74) is 0.232. The topological polar surface area (TPSA) is 75.6 Å². The normalized spacial score (nSPS) is 13.0. The molecule has 2 heterocycles. The van der Waals surface area contributed by atoms with E-state index in [1.54, 1.807) is 12.1 Å². The minimum Gasteiger partial charge on any atom is -0.465 e. The number of carbonyl (C=O) groups is 2. The predicted molar refractivity (Wildman–Crippen MR) is 102 cm³/mol. The van der Waals surface area contributed by atoms with Crippen LogP contribution in [0, 0.1) is 0 Å². The van der Waals surface area contributed by atoms with E-state index in [9.17, 15) is 14.7 Å². The van der Waals surface area contributed by atoms with Gasteiger partial charge in [-0.3, -0.25) is 4.79 Å². The van der Waals surface area contributed by atoms with Gasteiger partial charge >= 0.3 is 5.97 Å². The molecule has 26 heavy (non-hydrogen) atoms. The first-order valence-corrected chi connectivity index (χ1v) is 9.62. The number of aliphatic hydroxyl groups is 1. The molecule has 2 aromatic heterocycles. The van der Waals surface area contributed by atoms with Crippen molar-refractivity contribution in [3.63, 3.8) is 0 Å². The Bertz CT molecular complexity index is 837. The van der Waals surface area contributed by atoms with E-state index in [1.807, 2.05) is 34.3 Å². The number of rotatable bonds is 6. The second-order valence-electron chi connectivity index (χ2n) is 5.60. The van der Waals surface area contributed by atoms with Crippen molar-refractivity contribution >= 4 is 34.6 Å². The van der Waals surface area contributed by atoms with Crippen LogP contribution in [-0.2, 0) is 10.3 Å². The number of ether oxygens (including phenoxy) is 1. The molecule has 0 bridgehead atoms. The molecule has 3 rings (SSSR count). The van der Waals surface area contributed by atoms with Crippen molar-refractivity contribution < 1.29 is 19.4 Å². The smallest absolute Gasteiger partial charge is 0.337 e. The van der Waals surface area contributed by atoms with Crippen LogP contribution >= 0.6 is 22.7 Å². The Morgan fingerprint density at radius 2 is 1.85 bits per heavy atom. The van der Waals surface area contributed by atoms with Gasteiger partial charge in [-0.05, 0) is 52.5 Å². The van der Waals surface area contributed by atoms with E-state index in [0.717, 1.165) is 10.4 Å². The van der Waals surface area contributed by atoms with Crippen molar-refractivity contribution in [1.82, 2.24) is 5.32 Å². The molecule has 134 valence electrons. The summed E-state index contributed by atoms with van der Waals surface area (Å²) in [7, 11) is 1.30. The molecule has 1 unspecified atom stereocenters. The zero-order chi connectivity index (χ0) is 18.6. The number of benzene rings is 1. The van der Waals surface area contributed by atoms with Gasteiger partial charge in [-0.1, -0.05) is 6.07 Å². The van der Waals surface area contributed by atoms with Gasteiger partial charge in [-0.25, -0.2) is 4.79 Å². The number of thiophene rings is 2. The van der Waals surface area contributed by atoms with E-state index in [4.69, 9.17) is 0 Å². The first-order chi connectivity index (χ1) is 12.5. The third-order valence-electron chi connectivity index (χ3n) is 4.00. The molecule has 7 heteroatoms. The van der Waals surface area contributed by atoms with E-state index in [-0.39, 0.29) is 12.5 Å². The zero-order valence-corrected chi connectivity index (χ0v) is 15.6. The molecular formula is C19H17NO4S2. The molecule has 5 nitrogen and oxygen atoms in total. The van der Waals surface area contributed by atoms with E-state index in [0.29, 0.717) is 11.1 Å². The van der Waals surface area contributed by atoms with Crippen LogP contribution in [0.3, 0.4) is 0 Å². The summed E-state index contributed by atoms with van der Waals surface area (Å²) >= 11 is 2.92. The SMILES string of the molecule is COC(=O)c1ccc(C(=O)NCC(O)(c2ccsc2)c2cccs2)cc1. The maximum absolute atomic E-state index is 12.4. The summed E-state index contributed by atoms with van der Waals surface area (Å²) < 4.78 is 4.64. The van der Waals surface area contributed by atoms with Crippen molar-refractivity contribution in [2.75, 3.05) is 13.7 Å². The first-order valence-electron chi connectivity index (χ1n) is 7.80. The fraction of sp³-hybridized carbons (Fsp3) is 0.158. The summed E-state index contributed by atoms with van der Waals surface area (Å²) in [6.45, 7) is 0.0435. The van der Waals surface area contributed by atoms with Crippen molar-refractivity contribution in [2.45, 2.75) is 5.60 Å². The van der Waals surface area contributed by atoms with Crippen molar-refractivity contribution in [3.8, 4) is 0 Å². The molecule has 0 spiro atoms. The highest BCUT2D eigenvalue weighted by Gasteiger charge is 2.33. The predicted octanol–water partition coefficient (Wildman–Crippen LogP) is 3.26. The van der Waals surface area contributed by atoms with Crippen LogP contribution in [0.4, 0.5) is 0 Å². The fourth-order valence-electron chi connectivity index (χ4n) is 2.53. The third-order valence-corrected chi connectivity index (χ3v) is 5.70. The lowest BCUT2D eigenvalue weighted by Crippen LogP contribution is -2.41. The summed E-state index contributed by atoms with van der Waals surface area (Å²) in [6.07, 6.45) is 0. The molecular weight excluding hydrogens is 370 g/mol. The molecule has 0 aliphatic heterocycles. The Kier molecular flexibility index (Phi) is 5.51. The highest BCUT2D eigenvalue weighted by molar-refractivity contribution is 7.10. The number of carbonyl (C=O) groups excluding carboxylic acids is 2. The zero-order valence-electron chi connectivity index (χ0n) is 14.0. The average Bonchev–Trinajstić information content (AvgIpc) is 3.39. The van der Waals surface area contributed by atoms with Gasteiger partial charge in [0.2, 0.25) is 0 Å². The maximum Gasteiger partial charge on any atom is 0.337 e. The molecule has 0 aliphatic rings. The molecule has 2 N–H and O–H groups in total. The molecule has 0 radical (unpaired) electrons. The first kappa shape index (κ1) is 18.3. The van der Waals surface area contributed by atoms with Crippen LogP contribution in [0.15, 0.2) is 58.6 Å². The summed E-state index contributed by atoms with van der Waals surface area (Å²) in [5.74, 6) is -0.784. The minimum atomic E-state index is -1.28. The summed E-state index contributed by atoms with van der Waals surface area (Å²) in [4.78, 5) is 24.7. The Labute approximate surface area is 158 Å². The summed E-state index contributed by atoms with van der Waals surface area (Å²) in [6, 6.07) is 11.7. The number of esters is 1. The van der Waals surface area contributed by atoms with Crippen molar-refractivity contribution in [3.05, 3.63) is 80.2 Å². The Hall–Kier alpha value is -2.48. The molecule has 0 aliphatic carbocycles. The highest BCUT2D eigenvalue weighted by Crippen LogP contribution is 2.33. The molecule has 0 saturated carbocycles. The van der Waals surface area contributed by atoms with Gasteiger partial charge in [0.25, 0.3) is 5.91 Å². The Balaban J connectivity index is 1.75. The van der Waals surface area contributed by atoms with Crippen LogP contribution in [0.25, 0.3) is 0 Å². The van der Waals surface area contributed by atoms with Crippen LogP contribution in [0.5, 0.6) is 0 Å². The van der Waals surface area contributed by atoms with Gasteiger partial charge in [0.05, 0.1) is 19.2 Å². The lowest BCUT2D eigenvalue weighted by atomic mass is 9.94. The second-order valence-corrected chi connectivity index (χ2v) is 7.33. The largest absolute Gasteiger partial charge is 0.465 e. The van der Waals surface area contributed by atoms with E-state index < -0.39 is 11.6 Å². The van der Waals surface area contributed by atoms with Crippen LogP contribution in [0.1, 0.15) is 31.2 Å². The van der Waals surface area contributed by atoms with Gasteiger partial charge in [-0.2, -0.15) is 11.3 Å². The van der Waals surface area contributed by atoms with Crippen molar-refractivity contribution in [1.29, 1.82) is 0 Å². The van der Waals surface area contributed by atoms with Crippen LogP contribution in [0.2, 0.25) is 0 Å². The van der Waals surface area contributed by atoms with Gasteiger partial charge in [0.15, 0.2) is 0 Å². The lowest BCUT2D eigenvalue weighted by Gasteiger charge is -2.27. The molecule has 0 saturated heterocycles. The third kappa shape index (κ3) is 3.70. The fourth-order valence-corrected chi connectivity index (χ4v) is 4.10. The summed E-state index contributed by atoms with van der Waals surface area (Å²) in [5, 5.41) is 19.7. The number of hydrogen-bond acceptors (Lipinski definition) is 6. The van der Waals surface area contributed by atoms with Gasteiger partial charge in [0.1, 0.15) is 5.60 Å². The van der Waals surface area contributed by atoms with Gasteiger partial charge < -0.3 is 15.2 Å². The number of amides is 1. The number of nitrogens with one attached hydrogen (secondary N) is 1. The standard InChI is InChI=1S/C19H17NO4S2/c1-24-18(22)14-6-4-13(5-7-14)17(21)20-12-19(23,15-8-10-25-11-15)16-3-2-9-26-16/h2-11,23H,12H2,1H3,(H,20,21). The highest BCUT2D eigenvalue weighted by atomic mass is 32.1. The average molecular weight is 387 g/mol. The Morgan fingerprint density at radius 3 is 2.42 bits per heavy atom. The number of hydrogen-bond donors (Lipinski definition) is 2. The monoisotopic (exact) mass is 387 g/mol. The molecule has 0 fully saturated rings. The lowest BCUT2D eigenvalue weighted by molar-refractivity contribution is 0.0600. The molecule has 1 atom stereocenters. The quantitative estimate of drug-likeness (QED) is 0.637. The minimum absolute atomic E-state index is 0.0435. The van der Waals surface area contributed by atoms with E-state index >= 15 is 0 Å². The van der Waals surface area contributed by atoms with Crippen molar-refractivity contribution in [2.24, 2.45) is 0 Å². The number of methoxy groups -OCH3 is 1. The Morgan fingerprint density at radius 1 is 1.12 bits per heavy atom. The van der Waals surface area contributed by atoms with Crippen LogP contribution < -0.4 is 5.32 Å². The second kappa shape index (κ2) is 7.82. The van der Waals surface area contributed by atoms with Gasteiger partial charge in [0, 0.05) is 16.0 Å². The van der Waals surface area contributed by atoms with E-state index in [1.165, 1.54) is 41.9 Å². The van der Waals surface area contributed by atoms with E-state index in [2.05, 4.69) is 10.1 Å². The van der Waals surface area contributed by atoms with Gasteiger partial charge in [-0.15, -0.1) is 11.3 Å². The molecule has 1 aromatic carbocycles. The molecule has 3 aromatic rings. The maximum atomic E-state index is 12.4.